The van der Waals surface area contributed by atoms with Crippen molar-refractivity contribution in [2.75, 3.05) is 12.4 Å². The second-order valence-corrected chi connectivity index (χ2v) is 5.36. The first kappa shape index (κ1) is 16.8. The minimum absolute atomic E-state index is 0.319. The lowest BCUT2D eigenvalue weighted by Gasteiger charge is -2.14. The van der Waals surface area contributed by atoms with Gasteiger partial charge in [-0.1, -0.05) is 17.7 Å². The molecule has 0 aliphatic rings. The molecule has 0 saturated carbocycles. The summed E-state index contributed by atoms with van der Waals surface area (Å²) in [5.74, 6) is -0.0174. The Balaban J connectivity index is 1.96. The van der Waals surface area contributed by atoms with Crippen LogP contribution in [0.3, 0.4) is 0 Å². The van der Waals surface area contributed by atoms with Gasteiger partial charge in [0.2, 0.25) is 5.91 Å². The zero-order valence-electron chi connectivity index (χ0n) is 12.8. The maximum absolute atomic E-state index is 12.1. The Morgan fingerprint density at radius 1 is 1.13 bits per heavy atom. The van der Waals surface area contributed by atoms with Crippen LogP contribution in [0.4, 0.5) is 5.69 Å². The summed E-state index contributed by atoms with van der Waals surface area (Å²) in [5, 5.41) is 5.91. The van der Waals surface area contributed by atoms with Crippen LogP contribution in [-0.4, -0.2) is 25.0 Å². The van der Waals surface area contributed by atoms with Crippen LogP contribution in [0.25, 0.3) is 0 Å². The molecule has 0 heterocycles. The molecular formula is C17H17ClN2O3. The van der Waals surface area contributed by atoms with Gasteiger partial charge in [-0.15, -0.1) is 0 Å². The van der Waals surface area contributed by atoms with Crippen molar-refractivity contribution in [3.05, 3.63) is 59.1 Å². The monoisotopic (exact) mass is 332 g/mol. The van der Waals surface area contributed by atoms with Gasteiger partial charge in [-0.2, -0.15) is 0 Å². The molecule has 2 rings (SSSR count). The molecule has 120 valence electrons. The molecule has 0 aliphatic carbocycles. The van der Waals surface area contributed by atoms with E-state index in [9.17, 15) is 9.59 Å². The average molecular weight is 333 g/mol. The first-order valence-corrected chi connectivity index (χ1v) is 7.39. The number of carbonyl (C=O) groups is 2. The summed E-state index contributed by atoms with van der Waals surface area (Å²) in [6.07, 6.45) is 0. The number of hydrogen-bond donors (Lipinski definition) is 2. The van der Waals surface area contributed by atoms with Crippen molar-refractivity contribution >= 4 is 29.1 Å². The standard InChI is InChI=1S/C17H17ClN2O3/c1-11(19-17(22)12-6-8-13(18)9-7-12)16(21)20-14-4-3-5-15(10-14)23-2/h3-11H,1-2H3,(H,19,22)(H,20,21). The Bertz CT molecular complexity index is 701. The molecule has 0 radical (unpaired) electrons. The Morgan fingerprint density at radius 2 is 1.83 bits per heavy atom. The van der Waals surface area contributed by atoms with E-state index >= 15 is 0 Å². The molecule has 2 N–H and O–H groups in total. The zero-order chi connectivity index (χ0) is 16.8. The number of benzene rings is 2. The average Bonchev–Trinajstić information content (AvgIpc) is 2.55. The summed E-state index contributed by atoms with van der Waals surface area (Å²) in [5.41, 5.74) is 1.04. The van der Waals surface area contributed by atoms with E-state index in [2.05, 4.69) is 10.6 Å². The summed E-state index contributed by atoms with van der Waals surface area (Å²) >= 11 is 5.78. The quantitative estimate of drug-likeness (QED) is 0.884. The number of halogens is 1. The van der Waals surface area contributed by atoms with Gasteiger partial charge in [0.1, 0.15) is 11.8 Å². The van der Waals surface area contributed by atoms with Crippen LogP contribution < -0.4 is 15.4 Å². The van der Waals surface area contributed by atoms with E-state index in [4.69, 9.17) is 16.3 Å². The predicted octanol–water partition coefficient (Wildman–Crippen LogP) is 3.11. The van der Waals surface area contributed by atoms with Crippen LogP contribution in [0, 0.1) is 0 Å². The topological polar surface area (TPSA) is 67.4 Å². The maximum Gasteiger partial charge on any atom is 0.251 e. The number of carbonyl (C=O) groups excluding carboxylic acids is 2. The van der Waals surface area contributed by atoms with Crippen molar-refractivity contribution in [3.8, 4) is 5.75 Å². The number of hydrogen-bond acceptors (Lipinski definition) is 3. The highest BCUT2D eigenvalue weighted by Crippen LogP contribution is 2.17. The van der Waals surface area contributed by atoms with E-state index in [1.807, 2.05) is 0 Å². The number of nitrogens with one attached hydrogen (secondary N) is 2. The van der Waals surface area contributed by atoms with Crippen molar-refractivity contribution in [3.63, 3.8) is 0 Å². The third-order valence-electron chi connectivity index (χ3n) is 3.18. The molecule has 1 atom stereocenters. The van der Waals surface area contributed by atoms with Gasteiger partial charge in [-0.3, -0.25) is 9.59 Å². The first-order chi connectivity index (χ1) is 11.0. The van der Waals surface area contributed by atoms with Crippen molar-refractivity contribution in [2.24, 2.45) is 0 Å². The Morgan fingerprint density at radius 3 is 2.48 bits per heavy atom. The number of methoxy groups -OCH3 is 1. The fourth-order valence-electron chi connectivity index (χ4n) is 1.90. The van der Waals surface area contributed by atoms with Gasteiger partial charge in [0.05, 0.1) is 7.11 Å². The molecule has 0 aromatic heterocycles. The molecule has 0 fully saturated rings. The Labute approximate surface area is 139 Å². The lowest BCUT2D eigenvalue weighted by molar-refractivity contribution is -0.117. The molecule has 0 aliphatic heterocycles. The molecule has 0 spiro atoms. The molecule has 1 unspecified atom stereocenters. The normalized spacial score (nSPS) is 11.4. The number of rotatable bonds is 5. The highest BCUT2D eigenvalue weighted by atomic mass is 35.5. The van der Waals surface area contributed by atoms with Crippen LogP contribution >= 0.6 is 11.6 Å². The van der Waals surface area contributed by atoms with E-state index in [0.29, 0.717) is 22.0 Å². The number of amides is 2. The van der Waals surface area contributed by atoms with E-state index in [0.717, 1.165) is 0 Å². The Hall–Kier alpha value is -2.53. The van der Waals surface area contributed by atoms with Crippen molar-refractivity contribution in [2.45, 2.75) is 13.0 Å². The van der Waals surface area contributed by atoms with Crippen molar-refractivity contribution < 1.29 is 14.3 Å². The highest BCUT2D eigenvalue weighted by molar-refractivity contribution is 6.30. The summed E-state index contributed by atoms with van der Waals surface area (Å²) in [4.78, 5) is 24.2. The fourth-order valence-corrected chi connectivity index (χ4v) is 2.02. The van der Waals surface area contributed by atoms with E-state index in [-0.39, 0.29) is 11.8 Å². The summed E-state index contributed by atoms with van der Waals surface area (Å²) in [6.45, 7) is 1.61. The molecule has 6 heteroatoms. The van der Waals surface area contributed by atoms with Gasteiger partial charge in [-0.25, -0.2) is 0 Å². The smallest absolute Gasteiger partial charge is 0.251 e. The molecule has 2 aromatic rings. The van der Waals surface area contributed by atoms with E-state index < -0.39 is 6.04 Å². The van der Waals surface area contributed by atoms with Crippen LogP contribution in [0.1, 0.15) is 17.3 Å². The second kappa shape index (κ2) is 7.65. The number of anilines is 1. The van der Waals surface area contributed by atoms with Gasteiger partial charge >= 0.3 is 0 Å². The molecule has 2 aromatic carbocycles. The molecule has 0 saturated heterocycles. The molecular weight excluding hydrogens is 316 g/mol. The molecule has 5 nitrogen and oxygen atoms in total. The molecule has 23 heavy (non-hydrogen) atoms. The fraction of sp³-hybridized carbons (Fsp3) is 0.176. The SMILES string of the molecule is COc1cccc(NC(=O)C(C)NC(=O)c2ccc(Cl)cc2)c1. The van der Waals surface area contributed by atoms with Gasteiger partial charge in [0.15, 0.2) is 0 Å². The largest absolute Gasteiger partial charge is 0.497 e. The summed E-state index contributed by atoms with van der Waals surface area (Å²) in [7, 11) is 1.55. The second-order valence-electron chi connectivity index (χ2n) is 4.92. The van der Waals surface area contributed by atoms with Crippen LogP contribution in [-0.2, 0) is 4.79 Å². The third-order valence-corrected chi connectivity index (χ3v) is 3.44. The van der Waals surface area contributed by atoms with Crippen molar-refractivity contribution in [1.82, 2.24) is 5.32 Å². The van der Waals surface area contributed by atoms with E-state index in [1.165, 1.54) is 0 Å². The van der Waals surface area contributed by atoms with Crippen LogP contribution in [0.5, 0.6) is 5.75 Å². The van der Waals surface area contributed by atoms with Gasteiger partial charge in [-0.05, 0) is 43.3 Å². The number of ether oxygens (including phenoxy) is 1. The van der Waals surface area contributed by atoms with Gasteiger partial charge < -0.3 is 15.4 Å². The third kappa shape index (κ3) is 4.72. The minimum atomic E-state index is -0.690. The van der Waals surface area contributed by atoms with E-state index in [1.54, 1.807) is 62.6 Å². The molecule has 2 amide bonds. The first-order valence-electron chi connectivity index (χ1n) is 7.01. The van der Waals surface area contributed by atoms with Crippen LogP contribution in [0.15, 0.2) is 48.5 Å². The summed E-state index contributed by atoms with van der Waals surface area (Å²) in [6, 6.07) is 12.8. The predicted molar refractivity (Wildman–Crippen MR) is 90.0 cm³/mol. The van der Waals surface area contributed by atoms with Gasteiger partial charge in [0.25, 0.3) is 5.91 Å². The summed E-state index contributed by atoms with van der Waals surface area (Å²) < 4.78 is 5.10. The highest BCUT2D eigenvalue weighted by Gasteiger charge is 2.16. The maximum atomic E-state index is 12.1. The lowest BCUT2D eigenvalue weighted by Crippen LogP contribution is -2.41. The minimum Gasteiger partial charge on any atom is -0.497 e. The zero-order valence-corrected chi connectivity index (χ0v) is 13.6. The Kier molecular flexibility index (Phi) is 5.60. The van der Waals surface area contributed by atoms with Crippen LogP contribution in [0.2, 0.25) is 5.02 Å². The lowest BCUT2D eigenvalue weighted by atomic mass is 10.2. The molecule has 0 bridgehead atoms. The van der Waals surface area contributed by atoms with Crippen molar-refractivity contribution in [1.29, 1.82) is 0 Å². The van der Waals surface area contributed by atoms with Gasteiger partial charge in [0, 0.05) is 22.3 Å².